The second-order valence-corrected chi connectivity index (χ2v) is 8.62. The molecule has 1 saturated heterocycles. The molecule has 0 radical (unpaired) electrons. The highest BCUT2D eigenvalue weighted by atomic mass is 19.1. The SMILES string of the molecule is COc1ccc2c3c([nH]c2c1)[C@@H](CO)N(C(C)=O)CC31CN(C(=O)c2cccc(F)c2)C1. The smallest absolute Gasteiger partial charge is 0.254 e. The summed E-state index contributed by atoms with van der Waals surface area (Å²) in [6, 6.07) is 10.9. The van der Waals surface area contributed by atoms with E-state index in [1.54, 1.807) is 23.0 Å². The topological polar surface area (TPSA) is 85.9 Å². The molecule has 0 bridgehead atoms. The molecule has 2 N–H and O–H groups in total. The van der Waals surface area contributed by atoms with Crippen molar-refractivity contribution in [2.75, 3.05) is 33.4 Å². The summed E-state index contributed by atoms with van der Waals surface area (Å²) in [5.74, 6) is -0.132. The van der Waals surface area contributed by atoms with Gasteiger partial charge in [-0.15, -0.1) is 0 Å². The van der Waals surface area contributed by atoms with Crippen LogP contribution in [-0.2, 0) is 10.2 Å². The van der Waals surface area contributed by atoms with Gasteiger partial charge >= 0.3 is 0 Å². The Labute approximate surface area is 184 Å². The molecule has 7 nitrogen and oxygen atoms in total. The Morgan fingerprint density at radius 1 is 1.22 bits per heavy atom. The average Bonchev–Trinajstić information content (AvgIpc) is 3.14. The minimum absolute atomic E-state index is 0.139. The van der Waals surface area contributed by atoms with Gasteiger partial charge in [-0.05, 0) is 35.9 Å². The molecule has 2 aliphatic rings. The summed E-state index contributed by atoms with van der Waals surface area (Å²) in [5, 5.41) is 11.1. The molecule has 32 heavy (non-hydrogen) atoms. The first-order chi connectivity index (χ1) is 15.4. The molecule has 0 saturated carbocycles. The van der Waals surface area contributed by atoms with E-state index in [1.165, 1.54) is 25.1 Å². The molecule has 1 spiro atoms. The van der Waals surface area contributed by atoms with Crippen molar-refractivity contribution in [3.8, 4) is 5.75 Å². The third-order valence-electron chi connectivity index (χ3n) is 6.67. The molecule has 3 aromatic rings. The van der Waals surface area contributed by atoms with Crippen LogP contribution in [-0.4, -0.2) is 65.1 Å². The molecule has 3 heterocycles. The van der Waals surface area contributed by atoms with Gasteiger partial charge in [0, 0.05) is 54.8 Å². The summed E-state index contributed by atoms with van der Waals surface area (Å²) in [5.41, 5.74) is 2.50. The van der Waals surface area contributed by atoms with E-state index in [9.17, 15) is 19.1 Å². The van der Waals surface area contributed by atoms with Crippen molar-refractivity contribution in [1.29, 1.82) is 0 Å². The lowest BCUT2D eigenvalue weighted by Gasteiger charge is -2.56. The number of halogens is 1. The molecular weight excluding hydrogens is 413 g/mol. The summed E-state index contributed by atoms with van der Waals surface area (Å²) in [4.78, 5) is 32.1. The quantitative estimate of drug-likeness (QED) is 0.660. The summed E-state index contributed by atoms with van der Waals surface area (Å²) in [6.45, 7) is 2.47. The van der Waals surface area contributed by atoms with Crippen LogP contribution in [0.15, 0.2) is 42.5 Å². The fraction of sp³-hybridized carbons (Fsp3) is 0.333. The van der Waals surface area contributed by atoms with Crippen LogP contribution in [0.3, 0.4) is 0 Å². The number of H-pyrrole nitrogens is 1. The molecule has 2 aromatic carbocycles. The van der Waals surface area contributed by atoms with Gasteiger partial charge in [0.25, 0.3) is 5.91 Å². The van der Waals surface area contributed by atoms with E-state index >= 15 is 0 Å². The van der Waals surface area contributed by atoms with Gasteiger partial charge in [0.2, 0.25) is 5.91 Å². The molecule has 2 aliphatic heterocycles. The number of carbonyl (C=O) groups is 2. The Hall–Kier alpha value is -3.39. The number of hydrogen-bond donors (Lipinski definition) is 2. The molecular formula is C24H24FN3O4. The van der Waals surface area contributed by atoms with Crippen molar-refractivity contribution in [3.63, 3.8) is 0 Å². The average molecular weight is 437 g/mol. The molecule has 0 unspecified atom stereocenters. The van der Waals surface area contributed by atoms with Crippen molar-refractivity contribution in [1.82, 2.24) is 14.8 Å². The van der Waals surface area contributed by atoms with E-state index in [0.29, 0.717) is 30.9 Å². The van der Waals surface area contributed by atoms with Gasteiger partial charge in [0.15, 0.2) is 0 Å². The molecule has 1 aromatic heterocycles. The first kappa shape index (κ1) is 20.5. The van der Waals surface area contributed by atoms with Crippen LogP contribution in [0.1, 0.15) is 34.6 Å². The van der Waals surface area contributed by atoms with Gasteiger partial charge in [-0.25, -0.2) is 4.39 Å². The maximum Gasteiger partial charge on any atom is 0.254 e. The number of aromatic nitrogens is 1. The number of aliphatic hydroxyl groups excluding tert-OH is 1. The van der Waals surface area contributed by atoms with Crippen LogP contribution in [0.5, 0.6) is 5.75 Å². The van der Waals surface area contributed by atoms with Gasteiger partial charge < -0.3 is 24.6 Å². The number of hydrogen-bond acceptors (Lipinski definition) is 4. The van der Waals surface area contributed by atoms with Crippen LogP contribution >= 0.6 is 0 Å². The van der Waals surface area contributed by atoms with E-state index in [2.05, 4.69) is 4.98 Å². The predicted molar refractivity (Wildman–Crippen MR) is 116 cm³/mol. The first-order valence-corrected chi connectivity index (χ1v) is 10.5. The number of aromatic amines is 1. The molecule has 1 fully saturated rings. The van der Waals surface area contributed by atoms with Gasteiger partial charge in [-0.1, -0.05) is 6.07 Å². The number of likely N-dealkylation sites (tertiary alicyclic amines) is 1. The molecule has 8 heteroatoms. The molecule has 2 amide bonds. The lowest BCUT2D eigenvalue weighted by molar-refractivity contribution is -0.136. The van der Waals surface area contributed by atoms with Crippen molar-refractivity contribution in [2.45, 2.75) is 18.4 Å². The zero-order valence-electron chi connectivity index (χ0n) is 17.9. The van der Waals surface area contributed by atoms with E-state index in [-0.39, 0.29) is 18.4 Å². The number of amides is 2. The van der Waals surface area contributed by atoms with Crippen LogP contribution in [0.2, 0.25) is 0 Å². The lowest BCUT2D eigenvalue weighted by atomic mass is 9.68. The van der Waals surface area contributed by atoms with Crippen LogP contribution in [0.4, 0.5) is 4.39 Å². The fourth-order valence-electron chi connectivity index (χ4n) is 5.23. The van der Waals surface area contributed by atoms with Crippen molar-refractivity contribution >= 4 is 22.7 Å². The van der Waals surface area contributed by atoms with Crippen molar-refractivity contribution in [3.05, 3.63) is 65.1 Å². The Morgan fingerprint density at radius 3 is 2.66 bits per heavy atom. The highest BCUT2D eigenvalue weighted by molar-refractivity contribution is 5.96. The minimum atomic E-state index is -0.487. The fourth-order valence-corrected chi connectivity index (χ4v) is 5.23. The Morgan fingerprint density at radius 2 is 2.00 bits per heavy atom. The molecule has 1 atom stereocenters. The third kappa shape index (κ3) is 2.97. The second kappa shape index (κ2) is 7.34. The zero-order chi connectivity index (χ0) is 22.6. The Kier molecular flexibility index (Phi) is 4.70. The summed E-state index contributed by atoms with van der Waals surface area (Å²) < 4.78 is 19.0. The van der Waals surface area contributed by atoms with E-state index < -0.39 is 17.3 Å². The summed E-state index contributed by atoms with van der Waals surface area (Å²) in [7, 11) is 1.60. The lowest BCUT2D eigenvalue weighted by Crippen LogP contribution is -2.68. The van der Waals surface area contributed by atoms with Gasteiger partial charge in [0.05, 0.1) is 25.2 Å². The van der Waals surface area contributed by atoms with E-state index in [1.807, 2.05) is 18.2 Å². The van der Waals surface area contributed by atoms with E-state index in [4.69, 9.17) is 4.74 Å². The monoisotopic (exact) mass is 437 g/mol. The maximum absolute atomic E-state index is 13.6. The number of nitrogens with zero attached hydrogens (tertiary/aromatic N) is 2. The normalized spacial score (nSPS) is 19.1. The first-order valence-electron chi connectivity index (χ1n) is 10.5. The highest BCUT2D eigenvalue weighted by Crippen LogP contribution is 2.48. The Balaban J connectivity index is 1.57. The van der Waals surface area contributed by atoms with Crippen LogP contribution in [0, 0.1) is 5.82 Å². The molecule has 166 valence electrons. The zero-order valence-corrected chi connectivity index (χ0v) is 17.9. The van der Waals surface area contributed by atoms with Crippen molar-refractivity contribution < 1.29 is 23.8 Å². The van der Waals surface area contributed by atoms with E-state index in [0.717, 1.165) is 22.2 Å². The number of ether oxygens (including phenoxy) is 1. The van der Waals surface area contributed by atoms with Gasteiger partial charge in [-0.2, -0.15) is 0 Å². The maximum atomic E-state index is 13.6. The number of nitrogens with one attached hydrogen (secondary N) is 1. The number of rotatable bonds is 3. The summed E-state index contributed by atoms with van der Waals surface area (Å²) in [6.07, 6.45) is 0. The van der Waals surface area contributed by atoms with Gasteiger partial charge in [0.1, 0.15) is 11.6 Å². The minimum Gasteiger partial charge on any atom is -0.497 e. The predicted octanol–water partition coefficient (Wildman–Crippen LogP) is 2.60. The van der Waals surface area contributed by atoms with Crippen molar-refractivity contribution in [2.24, 2.45) is 0 Å². The standard InChI is InChI=1S/C24H24FN3O4/c1-14(30)28-13-24(11-27(12-24)23(31)15-4-3-5-16(25)8-15)21-18-7-6-17(32-2)9-19(18)26-22(21)20(28)10-29/h3-9,20,26,29H,10-13H2,1-2H3/t20-/m1/s1. The van der Waals surface area contributed by atoms with Crippen LogP contribution < -0.4 is 4.74 Å². The number of methoxy groups -OCH3 is 1. The number of carbonyl (C=O) groups excluding carboxylic acids is 2. The number of benzene rings is 2. The number of aliphatic hydroxyl groups is 1. The largest absolute Gasteiger partial charge is 0.497 e. The Bertz CT molecular complexity index is 1230. The number of fused-ring (bicyclic) bond motifs is 4. The van der Waals surface area contributed by atoms with Gasteiger partial charge in [-0.3, -0.25) is 9.59 Å². The van der Waals surface area contributed by atoms with Crippen LogP contribution in [0.25, 0.3) is 10.9 Å². The molecule has 5 rings (SSSR count). The summed E-state index contributed by atoms with van der Waals surface area (Å²) >= 11 is 0. The second-order valence-electron chi connectivity index (χ2n) is 8.62. The molecule has 0 aliphatic carbocycles. The highest BCUT2D eigenvalue weighted by Gasteiger charge is 2.54. The third-order valence-corrected chi connectivity index (χ3v) is 6.67.